The van der Waals surface area contributed by atoms with E-state index in [1.807, 2.05) is 20.8 Å². The third-order valence-corrected chi connectivity index (χ3v) is 2.53. The predicted molar refractivity (Wildman–Crippen MR) is 67.9 cm³/mol. The fourth-order valence-electron chi connectivity index (χ4n) is 1.28. The number of aromatic nitrogens is 4. The van der Waals surface area contributed by atoms with E-state index in [0.717, 1.165) is 0 Å². The number of nitrogens with zero attached hydrogens (tertiary/aromatic N) is 4. The largest absolute Gasteiger partial charge is 0.221 e. The molecule has 2 aromatic rings. The Hall–Kier alpha value is -1.13. The minimum absolute atomic E-state index is 0.170. The average Bonchev–Trinajstić information content (AvgIpc) is 2.62. The Balaban J connectivity index is 2.52. The molecule has 2 rings (SSSR count). The molecule has 0 aliphatic heterocycles. The summed E-state index contributed by atoms with van der Waals surface area (Å²) in [7, 11) is 0. The van der Waals surface area contributed by atoms with Crippen LogP contribution in [-0.2, 0) is 5.41 Å². The monoisotopic (exact) mass is 270 g/mol. The first-order chi connectivity index (χ1) is 7.86. The highest BCUT2D eigenvalue weighted by Crippen LogP contribution is 2.22. The van der Waals surface area contributed by atoms with Crippen molar-refractivity contribution in [2.24, 2.45) is 0 Å². The van der Waals surface area contributed by atoms with Gasteiger partial charge in [0.05, 0.1) is 17.4 Å². The third-order valence-electron chi connectivity index (χ3n) is 2.14. The lowest BCUT2D eigenvalue weighted by molar-refractivity contribution is 0.542. The van der Waals surface area contributed by atoms with Crippen molar-refractivity contribution in [3.05, 3.63) is 34.5 Å². The van der Waals surface area contributed by atoms with Crippen LogP contribution in [0.1, 0.15) is 26.6 Å². The fraction of sp³-hybridized carbons (Fsp3) is 0.364. The lowest BCUT2D eigenvalue weighted by Crippen LogP contribution is -2.17. The van der Waals surface area contributed by atoms with Crippen LogP contribution in [0.25, 0.3) is 5.82 Å². The first-order valence-electron chi connectivity index (χ1n) is 5.12. The second kappa shape index (κ2) is 4.27. The van der Waals surface area contributed by atoms with E-state index in [9.17, 15) is 0 Å². The highest BCUT2D eigenvalue weighted by atomic mass is 35.5. The lowest BCUT2D eigenvalue weighted by Gasteiger charge is -2.17. The van der Waals surface area contributed by atoms with Crippen LogP contribution in [0, 0.1) is 0 Å². The van der Waals surface area contributed by atoms with E-state index in [2.05, 4.69) is 15.1 Å². The second-order valence-corrected chi connectivity index (χ2v) is 5.55. The van der Waals surface area contributed by atoms with Crippen molar-refractivity contribution in [1.82, 2.24) is 19.7 Å². The Labute approximate surface area is 110 Å². The van der Waals surface area contributed by atoms with Gasteiger partial charge >= 0.3 is 0 Å². The van der Waals surface area contributed by atoms with Gasteiger partial charge in [0, 0.05) is 11.5 Å². The van der Waals surface area contributed by atoms with Gasteiger partial charge in [0.1, 0.15) is 11.0 Å². The van der Waals surface area contributed by atoms with Crippen molar-refractivity contribution in [2.45, 2.75) is 26.2 Å². The van der Waals surface area contributed by atoms with E-state index >= 15 is 0 Å². The van der Waals surface area contributed by atoms with Crippen LogP contribution in [0.3, 0.4) is 0 Å². The van der Waals surface area contributed by atoms with Crippen molar-refractivity contribution >= 4 is 23.2 Å². The molecule has 0 aliphatic carbocycles. The van der Waals surface area contributed by atoms with Crippen LogP contribution in [-0.4, -0.2) is 19.7 Å². The van der Waals surface area contributed by atoms with Crippen LogP contribution < -0.4 is 0 Å². The smallest absolute Gasteiger partial charge is 0.158 e. The maximum atomic E-state index is 5.99. The standard InChI is InChI=1S/C11H12Cl2N4/c1-11(2,3)10-15-8(13)4-9(16-10)17-6-7(12)5-14-17/h4-6H,1-3H3. The summed E-state index contributed by atoms with van der Waals surface area (Å²) < 4.78 is 1.57. The highest BCUT2D eigenvalue weighted by Gasteiger charge is 2.19. The van der Waals surface area contributed by atoms with Gasteiger partial charge in [0.15, 0.2) is 5.82 Å². The summed E-state index contributed by atoms with van der Waals surface area (Å²) in [4.78, 5) is 8.65. The topological polar surface area (TPSA) is 43.6 Å². The summed E-state index contributed by atoms with van der Waals surface area (Å²) in [5, 5.41) is 5.03. The van der Waals surface area contributed by atoms with Gasteiger partial charge in [-0.3, -0.25) is 0 Å². The minimum atomic E-state index is -0.170. The molecule has 0 atom stereocenters. The van der Waals surface area contributed by atoms with E-state index in [4.69, 9.17) is 23.2 Å². The molecule has 2 heterocycles. The third kappa shape index (κ3) is 2.76. The molecule has 0 aromatic carbocycles. The molecular weight excluding hydrogens is 259 g/mol. The summed E-state index contributed by atoms with van der Waals surface area (Å²) in [5.74, 6) is 1.29. The van der Waals surface area contributed by atoms with Crippen molar-refractivity contribution in [3.8, 4) is 5.82 Å². The quantitative estimate of drug-likeness (QED) is 0.748. The molecule has 17 heavy (non-hydrogen) atoms. The van der Waals surface area contributed by atoms with E-state index in [1.54, 1.807) is 23.1 Å². The zero-order chi connectivity index (χ0) is 12.6. The van der Waals surface area contributed by atoms with E-state index in [1.165, 1.54) is 0 Å². The molecule has 0 saturated heterocycles. The molecule has 0 aliphatic rings. The Morgan fingerprint density at radius 3 is 2.41 bits per heavy atom. The summed E-state index contributed by atoms with van der Waals surface area (Å²) in [5.41, 5.74) is -0.170. The van der Waals surface area contributed by atoms with Gasteiger partial charge < -0.3 is 0 Å². The van der Waals surface area contributed by atoms with Crippen LogP contribution in [0.2, 0.25) is 10.2 Å². The molecule has 2 aromatic heterocycles. The normalized spacial score (nSPS) is 11.8. The molecule has 0 amide bonds. The Kier molecular flexibility index (Phi) is 3.10. The molecule has 6 heteroatoms. The molecule has 0 bridgehead atoms. The van der Waals surface area contributed by atoms with Gasteiger partial charge in [-0.2, -0.15) is 5.10 Å². The van der Waals surface area contributed by atoms with Gasteiger partial charge in [-0.1, -0.05) is 44.0 Å². The van der Waals surface area contributed by atoms with Gasteiger partial charge in [-0.25, -0.2) is 14.6 Å². The van der Waals surface area contributed by atoms with Crippen molar-refractivity contribution in [3.63, 3.8) is 0 Å². The first-order valence-corrected chi connectivity index (χ1v) is 5.87. The number of hydrogen-bond acceptors (Lipinski definition) is 3. The maximum Gasteiger partial charge on any atom is 0.158 e. The predicted octanol–water partition coefficient (Wildman–Crippen LogP) is 3.27. The second-order valence-electron chi connectivity index (χ2n) is 4.73. The first kappa shape index (κ1) is 12.3. The number of hydrogen-bond donors (Lipinski definition) is 0. The molecule has 0 saturated carbocycles. The molecule has 4 nitrogen and oxygen atoms in total. The Morgan fingerprint density at radius 2 is 1.88 bits per heavy atom. The molecular formula is C11H12Cl2N4. The van der Waals surface area contributed by atoms with Crippen LogP contribution in [0.15, 0.2) is 18.5 Å². The fourth-order valence-corrected chi connectivity index (χ4v) is 1.60. The Morgan fingerprint density at radius 1 is 1.18 bits per heavy atom. The highest BCUT2D eigenvalue weighted by molar-refractivity contribution is 6.30. The summed E-state index contributed by atoms with van der Waals surface area (Å²) in [6, 6.07) is 1.65. The number of rotatable bonds is 1. The molecule has 0 fully saturated rings. The number of halogens is 2. The van der Waals surface area contributed by atoms with Gasteiger partial charge in [-0.15, -0.1) is 0 Å². The Bertz CT molecular complexity index is 543. The van der Waals surface area contributed by atoms with Crippen molar-refractivity contribution in [2.75, 3.05) is 0 Å². The van der Waals surface area contributed by atoms with Gasteiger partial charge in [0.25, 0.3) is 0 Å². The molecule has 0 N–H and O–H groups in total. The van der Waals surface area contributed by atoms with Gasteiger partial charge in [0.2, 0.25) is 0 Å². The lowest BCUT2D eigenvalue weighted by atomic mass is 9.96. The molecule has 0 radical (unpaired) electrons. The molecule has 0 spiro atoms. The summed E-state index contributed by atoms with van der Waals surface area (Å²) in [6.45, 7) is 6.08. The maximum absolute atomic E-state index is 5.99. The summed E-state index contributed by atoms with van der Waals surface area (Å²) in [6.07, 6.45) is 3.22. The van der Waals surface area contributed by atoms with Crippen molar-refractivity contribution < 1.29 is 0 Å². The van der Waals surface area contributed by atoms with Crippen LogP contribution in [0.5, 0.6) is 0 Å². The summed E-state index contributed by atoms with van der Waals surface area (Å²) >= 11 is 11.8. The van der Waals surface area contributed by atoms with Gasteiger partial charge in [-0.05, 0) is 0 Å². The van der Waals surface area contributed by atoms with Crippen LogP contribution >= 0.6 is 23.2 Å². The molecule has 0 unspecified atom stereocenters. The average molecular weight is 271 g/mol. The minimum Gasteiger partial charge on any atom is -0.221 e. The van der Waals surface area contributed by atoms with Crippen LogP contribution in [0.4, 0.5) is 0 Å². The molecule has 90 valence electrons. The van der Waals surface area contributed by atoms with E-state index < -0.39 is 0 Å². The zero-order valence-electron chi connectivity index (χ0n) is 9.78. The van der Waals surface area contributed by atoms with E-state index in [0.29, 0.717) is 21.8 Å². The van der Waals surface area contributed by atoms with E-state index in [-0.39, 0.29) is 5.41 Å². The van der Waals surface area contributed by atoms with Crippen molar-refractivity contribution in [1.29, 1.82) is 0 Å². The SMILES string of the molecule is CC(C)(C)c1nc(Cl)cc(-n2cc(Cl)cn2)n1. The zero-order valence-corrected chi connectivity index (χ0v) is 11.3.